The van der Waals surface area contributed by atoms with Gasteiger partial charge in [-0.05, 0) is 43.0 Å². The van der Waals surface area contributed by atoms with E-state index in [1.165, 1.54) is 4.31 Å². The molecule has 8 nitrogen and oxygen atoms in total. The monoisotopic (exact) mass is 421 g/mol. The molecule has 0 spiro atoms. The Bertz CT molecular complexity index is 889. The molecule has 2 saturated heterocycles. The van der Waals surface area contributed by atoms with Crippen LogP contribution >= 0.6 is 0 Å². The average Bonchev–Trinajstić information content (AvgIpc) is 3.42. The molecule has 3 heterocycles. The van der Waals surface area contributed by atoms with E-state index >= 15 is 0 Å². The minimum absolute atomic E-state index is 0.0437. The van der Waals surface area contributed by atoms with E-state index in [0.717, 1.165) is 37.2 Å². The zero-order chi connectivity index (χ0) is 20.4. The predicted octanol–water partition coefficient (Wildman–Crippen LogP) is 0.999. The number of carbonyl (C=O) groups excluding carboxylic acids is 2. The van der Waals surface area contributed by atoms with E-state index in [4.69, 9.17) is 4.74 Å². The Balaban J connectivity index is 1.42. The van der Waals surface area contributed by atoms with Crippen LogP contribution in [0.25, 0.3) is 0 Å². The Morgan fingerprint density at radius 2 is 1.62 bits per heavy atom. The van der Waals surface area contributed by atoms with Gasteiger partial charge in [-0.15, -0.1) is 0 Å². The first kappa shape index (κ1) is 20.3. The molecule has 0 bridgehead atoms. The zero-order valence-electron chi connectivity index (χ0n) is 16.5. The highest BCUT2D eigenvalue weighted by atomic mass is 32.2. The van der Waals surface area contributed by atoms with Crippen LogP contribution < -0.4 is 4.90 Å². The molecule has 158 valence electrons. The van der Waals surface area contributed by atoms with Crippen LogP contribution in [0, 0.1) is 0 Å². The average molecular weight is 422 g/mol. The number of sulfonamides is 1. The maximum absolute atomic E-state index is 12.9. The van der Waals surface area contributed by atoms with Crippen LogP contribution in [-0.2, 0) is 30.8 Å². The number of nitrogens with zero attached hydrogens (tertiary/aromatic N) is 3. The van der Waals surface area contributed by atoms with Crippen LogP contribution in [-0.4, -0.2) is 75.4 Å². The van der Waals surface area contributed by atoms with Crippen molar-refractivity contribution in [3.63, 3.8) is 0 Å². The summed E-state index contributed by atoms with van der Waals surface area (Å²) in [6, 6.07) is 4.98. The number of likely N-dealkylation sites (tertiary alicyclic amines) is 1. The molecule has 4 rings (SSSR count). The molecule has 2 fully saturated rings. The summed E-state index contributed by atoms with van der Waals surface area (Å²) in [5, 5.41) is 0. The number of hydrogen-bond acceptors (Lipinski definition) is 5. The second-order valence-corrected chi connectivity index (χ2v) is 9.63. The highest BCUT2D eigenvalue weighted by Gasteiger charge is 2.30. The summed E-state index contributed by atoms with van der Waals surface area (Å²) in [5.74, 6) is -0.0395. The van der Waals surface area contributed by atoms with Gasteiger partial charge in [0.15, 0.2) is 0 Å². The molecule has 29 heavy (non-hydrogen) atoms. The van der Waals surface area contributed by atoms with Gasteiger partial charge in [0.05, 0.1) is 18.1 Å². The lowest BCUT2D eigenvalue weighted by Gasteiger charge is -2.26. The summed E-state index contributed by atoms with van der Waals surface area (Å²) < 4.78 is 32.4. The summed E-state index contributed by atoms with van der Waals surface area (Å²) >= 11 is 0. The highest BCUT2D eigenvalue weighted by Crippen LogP contribution is 2.32. The lowest BCUT2D eigenvalue weighted by molar-refractivity contribution is -0.132. The standard InChI is InChI=1S/C20H27N3O5S/c24-19(21-8-1-2-9-21)5-6-20(25)23-10-7-16-15-17(3-4-18(16)23)29(26,27)22-11-13-28-14-12-22/h3-4,15H,1-2,5-14H2. The molecule has 1 aromatic carbocycles. The van der Waals surface area contributed by atoms with Gasteiger partial charge in [-0.3, -0.25) is 9.59 Å². The Morgan fingerprint density at radius 1 is 0.931 bits per heavy atom. The minimum atomic E-state index is -3.55. The number of hydrogen-bond donors (Lipinski definition) is 0. The quantitative estimate of drug-likeness (QED) is 0.708. The van der Waals surface area contributed by atoms with Crippen LogP contribution in [0.3, 0.4) is 0 Å². The van der Waals surface area contributed by atoms with Gasteiger partial charge in [0.2, 0.25) is 21.8 Å². The molecule has 9 heteroatoms. The maximum atomic E-state index is 12.9. The SMILES string of the molecule is O=C(CCC(=O)N1CCc2cc(S(=O)(=O)N3CCOCC3)ccc21)N1CCCC1. The first-order valence-electron chi connectivity index (χ1n) is 10.3. The Hall–Kier alpha value is -1.97. The number of anilines is 1. The third-order valence-electron chi connectivity index (χ3n) is 5.87. The number of benzene rings is 1. The fourth-order valence-corrected chi connectivity index (χ4v) is 5.67. The summed E-state index contributed by atoms with van der Waals surface area (Å²) in [7, 11) is -3.55. The van der Waals surface area contributed by atoms with E-state index in [0.29, 0.717) is 39.3 Å². The van der Waals surface area contributed by atoms with E-state index in [2.05, 4.69) is 0 Å². The zero-order valence-corrected chi connectivity index (χ0v) is 17.3. The molecule has 0 aliphatic carbocycles. The van der Waals surface area contributed by atoms with Crippen molar-refractivity contribution in [1.82, 2.24) is 9.21 Å². The molecule has 1 aromatic rings. The second kappa shape index (κ2) is 8.41. The number of amides is 2. The van der Waals surface area contributed by atoms with Crippen molar-refractivity contribution in [3.05, 3.63) is 23.8 Å². The van der Waals surface area contributed by atoms with Gasteiger partial charge in [0.25, 0.3) is 0 Å². The third-order valence-corrected chi connectivity index (χ3v) is 7.76. The van der Waals surface area contributed by atoms with E-state index < -0.39 is 10.0 Å². The summed E-state index contributed by atoms with van der Waals surface area (Å²) in [6.45, 7) is 3.63. The molecular weight excluding hydrogens is 394 g/mol. The van der Waals surface area contributed by atoms with E-state index in [1.54, 1.807) is 23.1 Å². The third kappa shape index (κ3) is 4.17. The number of morpholine rings is 1. The Kier molecular flexibility index (Phi) is 5.89. The maximum Gasteiger partial charge on any atom is 0.243 e. The topological polar surface area (TPSA) is 87.2 Å². The summed E-state index contributed by atoms with van der Waals surface area (Å²) in [4.78, 5) is 28.6. The summed E-state index contributed by atoms with van der Waals surface area (Å²) in [6.07, 6.45) is 3.11. The van der Waals surface area contributed by atoms with Crippen molar-refractivity contribution >= 4 is 27.5 Å². The first-order valence-corrected chi connectivity index (χ1v) is 11.7. The molecular formula is C20H27N3O5S. The summed E-state index contributed by atoms with van der Waals surface area (Å²) in [5.41, 5.74) is 1.61. The van der Waals surface area contributed by atoms with E-state index in [1.807, 2.05) is 4.90 Å². The lowest BCUT2D eigenvalue weighted by atomic mass is 10.2. The van der Waals surface area contributed by atoms with E-state index in [-0.39, 0.29) is 29.6 Å². The van der Waals surface area contributed by atoms with Gasteiger partial charge < -0.3 is 14.5 Å². The molecule has 0 N–H and O–H groups in total. The molecule has 0 unspecified atom stereocenters. The first-order chi connectivity index (χ1) is 14.0. The highest BCUT2D eigenvalue weighted by molar-refractivity contribution is 7.89. The van der Waals surface area contributed by atoms with Crippen molar-refractivity contribution in [2.45, 2.75) is 37.0 Å². The Morgan fingerprint density at radius 3 is 2.34 bits per heavy atom. The Labute approximate surface area is 171 Å². The molecule has 0 saturated carbocycles. The molecule has 0 atom stereocenters. The normalized spacial score (nSPS) is 20.1. The van der Waals surface area contributed by atoms with Crippen molar-refractivity contribution in [3.8, 4) is 0 Å². The van der Waals surface area contributed by atoms with Gasteiger partial charge in [0, 0.05) is 51.3 Å². The molecule has 2 amide bonds. The van der Waals surface area contributed by atoms with Gasteiger partial charge in [0.1, 0.15) is 0 Å². The van der Waals surface area contributed by atoms with Crippen molar-refractivity contribution < 1.29 is 22.7 Å². The fourth-order valence-electron chi connectivity index (χ4n) is 4.21. The number of carbonyl (C=O) groups is 2. The fraction of sp³-hybridized carbons (Fsp3) is 0.600. The van der Waals surface area contributed by atoms with Gasteiger partial charge in [-0.1, -0.05) is 0 Å². The number of fused-ring (bicyclic) bond motifs is 1. The van der Waals surface area contributed by atoms with Crippen LogP contribution in [0.15, 0.2) is 23.1 Å². The lowest BCUT2D eigenvalue weighted by Crippen LogP contribution is -2.40. The van der Waals surface area contributed by atoms with E-state index in [9.17, 15) is 18.0 Å². The van der Waals surface area contributed by atoms with Crippen LogP contribution in [0.1, 0.15) is 31.2 Å². The molecule has 3 aliphatic rings. The van der Waals surface area contributed by atoms with Gasteiger partial charge in [-0.2, -0.15) is 4.31 Å². The largest absolute Gasteiger partial charge is 0.379 e. The van der Waals surface area contributed by atoms with Crippen LogP contribution in [0.4, 0.5) is 5.69 Å². The molecule has 0 radical (unpaired) electrons. The number of ether oxygens (including phenoxy) is 1. The van der Waals surface area contributed by atoms with Crippen molar-refractivity contribution in [2.24, 2.45) is 0 Å². The molecule has 3 aliphatic heterocycles. The predicted molar refractivity (Wildman–Crippen MR) is 107 cm³/mol. The smallest absolute Gasteiger partial charge is 0.243 e. The van der Waals surface area contributed by atoms with Crippen molar-refractivity contribution in [1.29, 1.82) is 0 Å². The van der Waals surface area contributed by atoms with Crippen LogP contribution in [0.5, 0.6) is 0 Å². The molecule has 0 aromatic heterocycles. The van der Waals surface area contributed by atoms with Crippen LogP contribution in [0.2, 0.25) is 0 Å². The van der Waals surface area contributed by atoms with Gasteiger partial charge >= 0.3 is 0 Å². The minimum Gasteiger partial charge on any atom is -0.379 e. The second-order valence-electron chi connectivity index (χ2n) is 7.69. The number of rotatable bonds is 5. The van der Waals surface area contributed by atoms with Crippen molar-refractivity contribution in [2.75, 3.05) is 50.8 Å². The van der Waals surface area contributed by atoms with Gasteiger partial charge in [-0.25, -0.2) is 8.42 Å².